The van der Waals surface area contributed by atoms with Gasteiger partial charge >= 0.3 is 6.03 Å². The molecule has 2 amide bonds. The fourth-order valence-corrected chi connectivity index (χ4v) is 5.42. The highest BCUT2D eigenvalue weighted by molar-refractivity contribution is 5.93. The number of piperidine rings is 1. The third-order valence-electron chi connectivity index (χ3n) is 7.29. The monoisotopic (exact) mass is 419 g/mol. The van der Waals surface area contributed by atoms with Crippen molar-refractivity contribution in [3.8, 4) is 0 Å². The van der Waals surface area contributed by atoms with E-state index >= 15 is 0 Å². The van der Waals surface area contributed by atoms with Crippen LogP contribution in [0.2, 0.25) is 0 Å². The Hall–Kier alpha value is -2.33. The van der Waals surface area contributed by atoms with E-state index in [1.807, 2.05) is 30.3 Å². The number of fused-ring (bicyclic) bond motifs is 1. The van der Waals surface area contributed by atoms with Crippen LogP contribution >= 0.6 is 0 Å². The van der Waals surface area contributed by atoms with E-state index in [9.17, 15) is 4.79 Å². The molecule has 0 radical (unpaired) electrons. The van der Waals surface area contributed by atoms with Crippen LogP contribution in [0.4, 0.5) is 10.5 Å². The molecule has 1 fully saturated rings. The summed E-state index contributed by atoms with van der Waals surface area (Å²) < 4.78 is 0. The summed E-state index contributed by atoms with van der Waals surface area (Å²) in [6, 6.07) is 14.4. The predicted octanol–water partition coefficient (Wildman–Crippen LogP) is 6.34. The molecular weight excluding hydrogens is 382 g/mol. The molecular formula is C27H37N3O. The predicted molar refractivity (Wildman–Crippen MR) is 131 cm³/mol. The minimum Gasteiger partial charge on any atom is -0.335 e. The second-order valence-electron chi connectivity index (χ2n) is 10.0. The van der Waals surface area contributed by atoms with Crippen molar-refractivity contribution in [2.75, 3.05) is 25.0 Å². The van der Waals surface area contributed by atoms with E-state index in [0.29, 0.717) is 5.41 Å². The molecule has 1 aliphatic carbocycles. The quantitative estimate of drug-likeness (QED) is 0.555. The zero-order chi connectivity index (χ0) is 21.8. The molecule has 2 aromatic carbocycles. The normalized spacial score (nSPS) is 20.1. The molecule has 166 valence electrons. The molecule has 0 unspecified atom stereocenters. The molecule has 31 heavy (non-hydrogen) atoms. The molecule has 4 heteroatoms. The lowest BCUT2D eigenvalue weighted by Gasteiger charge is -2.37. The molecule has 2 aromatic rings. The molecule has 0 atom stereocenters. The first-order valence-corrected chi connectivity index (χ1v) is 11.9. The lowest BCUT2D eigenvalue weighted by molar-refractivity contribution is 0.193. The van der Waals surface area contributed by atoms with Gasteiger partial charge in [0.2, 0.25) is 0 Å². The molecule has 0 saturated carbocycles. The molecule has 4 rings (SSSR count). The Kier molecular flexibility index (Phi) is 6.66. The smallest absolute Gasteiger partial charge is 0.319 e. The van der Waals surface area contributed by atoms with Crippen molar-refractivity contribution in [2.45, 2.75) is 65.3 Å². The van der Waals surface area contributed by atoms with Gasteiger partial charge in [0.1, 0.15) is 0 Å². The largest absolute Gasteiger partial charge is 0.335 e. The summed E-state index contributed by atoms with van der Waals surface area (Å²) in [5.74, 6) is 0. The van der Waals surface area contributed by atoms with Gasteiger partial charge in [-0.3, -0.25) is 0 Å². The minimum absolute atomic E-state index is 0.0986. The number of carbonyl (C=O) groups excluding carboxylic acids is 1. The number of likely N-dealkylation sites (tertiary alicyclic amines) is 1. The highest BCUT2D eigenvalue weighted by Crippen LogP contribution is 2.41. The maximum absolute atomic E-state index is 12.5. The highest BCUT2D eigenvalue weighted by Gasteiger charge is 2.29. The first-order chi connectivity index (χ1) is 14.9. The van der Waals surface area contributed by atoms with E-state index in [1.54, 1.807) is 11.1 Å². The maximum Gasteiger partial charge on any atom is 0.319 e. The third kappa shape index (κ3) is 5.48. The zero-order valence-electron chi connectivity index (χ0n) is 19.3. The SMILES string of the molecule is CC1=C(CCN2CCC(NC(=O)Nc3ccc4ccccc4c3)CC2)C(C)(C)CCC1. The number of benzene rings is 2. The number of hydrogen-bond donors (Lipinski definition) is 2. The van der Waals surface area contributed by atoms with Crippen LogP contribution in [0.1, 0.15) is 59.3 Å². The number of allylic oxidation sites excluding steroid dienone is 1. The van der Waals surface area contributed by atoms with Crippen LogP contribution in [-0.2, 0) is 0 Å². The number of urea groups is 1. The second kappa shape index (κ2) is 9.44. The van der Waals surface area contributed by atoms with Gasteiger partial charge in [0, 0.05) is 31.4 Å². The summed E-state index contributed by atoms with van der Waals surface area (Å²) in [5, 5.41) is 8.50. The van der Waals surface area contributed by atoms with Crippen molar-refractivity contribution < 1.29 is 4.79 Å². The van der Waals surface area contributed by atoms with Gasteiger partial charge in [0.15, 0.2) is 0 Å². The van der Waals surface area contributed by atoms with Gasteiger partial charge in [0.05, 0.1) is 0 Å². The third-order valence-corrected chi connectivity index (χ3v) is 7.29. The lowest BCUT2D eigenvalue weighted by atomic mass is 9.71. The van der Waals surface area contributed by atoms with E-state index in [4.69, 9.17) is 0 Å². The summed E-state index contributed by atoms with van der Waals surface area (Å²) in [7, 11) is 0. The number of amides is 2. The van der Waals surface area contributed by atoms with E-state index in [1.165, 1.54) is 31.1 Å². The van der Waals surface area contributed by atoms with Crippen molar-refractivity contribution in [1.82, 2.24) is 10.2 Å². The number of carbonyl (C=O) groups is 1. The standard InChI is InChI=1S/C27H37N3O/c1-20-7-6-15-27(2,3)25(20)14-18-30-16-12-23(13-17-30)28-26(31)29-24-11-10-21-8-4-5-9-22(21)19-24/h4-5,8-11,19,23H,6-7,12-18H2,1-3H3,(H2,28,29,31). The Morgan fingerprint density at radius 2 is 1.84 bits per heavy atom. The van der Waals surface area contributed by atoms with Crippen LogP contribution in [0.5, 0.6) is 0 Å². The zero-order valence-corrected chi connectivity index (χ0v) is 19.3. The van der Waals surface area contributed by atoms with Gasteiger partial charge in [-0.1, -0.05) is 55.3 Å². The van der Waals surface area contributed by atoms with Crippen molar-refractivity contribution in [3.63, 3.8) is 0 Å². The summed E-state index contributed by atoms with van der Waals surface area (Å²) in [6.45, 7) is 10.4. The van der Waals surface area contributed by atoms with Crippen LogP contribution in [0, 0.1) is 5.41 Å². The summed E-state index contributed by atoms with van der Waals surface area (Å²) in [5.41, 5.74) is 4.52. The van der Waals surface area contributed by atoms with Crippen molar-refractivity contribution in [3.05, 3.63) is 53.6 Å². The molecule has 4 nitrogen and oxygen atoms in total. The first kappa shape index (κ1) is 21.9. The molecule has 2 aliphatic rings. The molecule has 0 bridgehead atoms. The maximum atomic E-state index is 12.5. The van der Waals surface area contributed by atoms with Crippen LogP contribution in [-0.4, -0.2) is 36.6 Å². The van der Waals surface area contributed by atoms with Gasteiger partial charge in [-0.25, -0.2) is 4.79 Å². The topological polar surface area (TPSA) is 44.4 Å². The van der Waals surface area contributed by atoms with Crippen LogP contribution < -0.4 is 10.6 Å². The Balaban J connectivity index is 1.23. The van der Waals surface area contributed by atoms with Crippen molar-refractivity contribution >= 4 is 22.5 Å². The minimum atomic E-state index is -0.0986. The van der Waals surface area contributed by atoms with Crippen LogP contribution in [0.25, 0.3) is 10.8 Å². The van der Waals surface area contributed by atoms with Gasteiger partial charge in [-0.15, -0.1) is 0 Å². The first-order valence-electron chi connectivity index (χ1n) is 11.9. The van der Waals surface area contributed by atoms with Crippen molar-refractivity contribution in [2.24, 2.45) is 5.41 Å². The summed E-state index contributed by atoms with van der Waals surface area (Å²) in [4.78, 5) is 15.1. The second-order valence-corrected chi connectivity index (χ2v) is 10.0. The van der Waals surface area contributed by atoms with Gasteiger partial charge in [-0.2, -0.15) is 0 Å². The number of anilines is 1. The van der Waals surface area contributed by atoms with Crippen molar-refractivity contribution in [1.29, 1.82) is 0 Å². The number of hydrogen-bond acceptors (Lipinski definition) is 2. The summed E-state index contributed by atoms with van der Waals surface area (Å²) >= 11 is 0. The fourth-order valence-electron chi connectivity index (χ4n) is 5.42. The van der Waals surface area contributed by atoms with Crippen LogP contribution in [0.3, 0.4) is 0 Å². The summed E-state index contributed by atoms with van der Waals surface area (Å²) in [6.07, 6.45) is 7.16. The molecule has 2 N–H and O–H groups in total. The average molecular weight is 420 g/mol. The highest BCUT2D eigenvalue weighted by atomic mass is 16.2. The number of nitrogens with zero attached hydrogens (tertiary/aromatic N) is 1. The Bertz CT molecular complexity index is 954. The fraction of sp³-hybridized carbons (Fsp3) is 0.519. The van der Waals surface area contributed by atoms with E-state index in [0.717, 1.165) is 43.5 Å². The lowest BCUT2D eigenvalue weighted by Crippen LogP contribution is -2.46. The van der Waals surface area contributed by atoms with E-state index in [-0.39, 0.29) is 12.1 Å². The van der Waals surface area contributed by atoms with Gasteiger partial charge in [0.25, 0.3) is 0 Å². The Morgan fingerprint density at radius 1 is 1.10 bits per heavy atom. The molecule has 0 spiro atoms. The molecule has 1 heterocycles. The van der Waals surface area contributed by atoms with E-state index in [2.05, 4.69) is 48.4 Å². The Labute approximate surface area is 187 Å². The number of nitrogens with one attached hydrogen (secondary N) is 2. The van der Waals surface area contributed by atoms with E-state index < -0.39 is 0 Å². The number of rotatable bonds is 5. The Morgan fingerprint density at radius 3 is 2.58 bits per heavy atom. The molecule has 1 aliphatic heterocycles. The van der Waals surface area contributed by atoms with Gasteiger partial charge in [-0.05, 0) is 73.8 Å². The molecule has 0 aromatic heterocycles. The average Bonchev–Trinajstić information content (AvgIpc) is 2.74. The molecule has 1 saturated heterocycles. The van der Waals surface area contributed by atoms with Crippen LogP contribution in [0.15, 0.2) is 53.6 Å². The van der Waals surface area contributed by atoms with Gasteiger partial charge < -0.3 is 15.5 Å².